The van der Waals surface area contributed by atoms with Gasteiger partial charge in [0.25, 0.3) is 0 Å². The molecule has 11 heteroatoms. The van der Waals surface area contributed by atoms with Crippen molar-refractivity contribution in [3.8, 4) is 0 Å². The second kappa shape index (κ2) is 18.8. The average Bonchev–Trinajstić information content (AvgIpc) is 3.55. The topological polar surface area (TPSA) is 102 Å². The van der Waals surface area contributed by atoms with Crippen LogP contribution in [0.3, 0.4) is 0 Å². The van der Waals surface area contributed by atoms with Crippen molar-refractivity contribution >= 4 is 60.3 Å². The van der Waals surface area contributed by atoms with E-state index in [1.165, 1.54) is 22.3 Å². The van der Waals surface area contributed by atoms with Crippen molar-refractivity contribution in [2.75, 3.05) is 11.6 Å². The Labute approximate surface area is 452 Å². The molecule has 0 bridgehead atoms. The van der Waals surface area contributed by atoms with Crippen molar-refractivity contribution in [3.63, 3.8) is 0 Å². The molecule has 2 saturated heterocycles. The molecule has 0 aliphatic carbocycles. The highest BCUT2D eigenvalue weighted by atomic mass is 31.1. The Bertz CT molecular complexity index is 3060. The highest BCUT2D eigenvalue weighted by Crippen LogP contribution is 2.49. The lowest BCUT2D eigenvalue weighted by Crippen LogP contribution is -2.41. The molecule has 0 amide bonds. The van der Waals surface area contributed by atoms with E-state index in [0.29, 0.717) is 0 Å². The van der Waals surface area contributed by atoms with Crippen LogP contribution >= 0.6 is 16.4 Å². The van der Waals surface area contributed by atoms with Crippen molar-refractivity contribution in [3.05, 3.63) is 93.0 Å². The second-order valence-electron chi connectivity index (χ2n) is 30.5. The lowest BCUT2D eigenvalue weighted by Gasteiger charge is -2.27. The molecule has 8 rings (SSSR count). The van der Waals surface area contributed by atoms with Crippen molar-refractivity contribution in [1.82, 2.24) is 0 Å². The fraction of sp³-hybridized carbons (Fsp3) is 0.625. The molecule has 9 nitrogen and oxygen atoms in total. The molecule has 0 unspecified atom stereocenters. The number of fused-ring (bicyclic) bond motifs is 7. The summed E-state index contributed by atoms with van der Waals surface area (Å²) in [6, 6.07) is 18.6. The maximum atomic E-state index is 7.37. The summed E-state index contributed by atoms with van der Waals surface area (Å²) in [7, 11) is -3.95. The van der Waals surface area contributed by atoms with E-state index in [1.807, 2.05) is 13.8 Å². The van der Waals surface area contributed by atoms with E-state index in [-0.39, 0.29) is 49.9 Å². The molecule has 4 aromatic carbocycles. The van der Waals surface area contributed by atoms with Crippen LogP contribution in [0.5, 0.6) is 0 Å². The molecule has 4 atom stereocenters. The van der Waals surface area contributed by atoms with Crippen molar-refractivity contribution in [1.29, 1.82) is 0 Å². The average molecular weight is 1070 g/mol. The van der Waals surface area contributed by atoms with Gasteiger partial charge in [-0.15, -0.1) is 0 Å². The predicted octanol–water partition coefficient (Wildman–Crippen LogP) is 19.2. The largest absolute Gasteiger partial charge is 0.408 e. The summed E-state index contributed by atoms with van der Waals surface area (Å²) < 4.78 is 56.7. The fourth-order valence-corrected chi connectivity index (χ4v) is 12.7. The van der Waals surface area contributed by atoms with Gasteiger partial charge in [-0.1, -0.05) is 190 Å². The van der Waals surface area contributed by atoms with Gasteiger partial charge in [0, 0.05) is 50.3 Å². The SMILES string of the molecule is CC1(C)O[C@H]2O[C@H](CNp3oc4c(C(C)(C)C)cc(C(C)(C)C)cc4c4cc(C(C)(C)C)cc(C(C)(C)C)c4o3)[C@@H](Op3oc4c(C(C)(C)C)cc(C(C)(C)C)cc4c4cc(C(C)(C)C)cc(C(C)(C)C)c4o3)[C@H]2O1. The highest BCUT2D eigenvalue weighted by Gasteiger charge is 2.56. The minimum atomic E-state index is -2.13. The summed E-state index contributed by atoms with van der Waals surface area (Å²) in [5.41, 5.74) is 11.0. The lowest BCUT2D eigenvalue weighted by molar-refractivity contribution is -0.210. The van der Waals surface area contributed by atoms with Gasteiger partial charge < -0.3 is 31.0 Å². The second-order valence-corrected chi connectivity index (χ2v) is 32.7. The van der Waals surface area contributed by atoms with E-state index >= 15 is 0 Å². The normalized spacial score (nSPS) is 20.2. The molecule has 0 radical (unpaired) electrons. The zero-order chi connectivity index (χ0) is 55.9. The maximum absolute atomic E-state index is 7.37. The van der Waals surface area contributed by atoms with Gasteiger partial charge in [-0.05, 0) is 104 Å². The molecule has 6 aromatic rings. The zero-order valence-electron chi connectivity index (χ0n) is 50.8. The van der Waals surface area contributed by atoms with Gasteiger partial charge in [-0.3, -0.25) is 4.52 Å². The van der Waals surface area contributed by atoms with Crippen molar-refractivity contribution in [2.45, 2.75) is 254 Å². The number of benzene rings is 4. The summed E-state index contributed by atoms with van der Waals surface area (Å²) >= 11 is 0. The van der Waals surface area contributed by atoms with Gasteiger partial charge in [0.1, 0.15) is 40.6 Å². The van der Waals surface area contributed by atoms with Gasteiger partial charge in [0.2, 0.25) is 0 Å². The van der Waals surface area contributed by atoms with E-state index in [9.17, 15) is 0 Å². The Balaban J connectivity index is 1.36. The monoisotopic (exact) mass is 1070 g/mol. The highest BCUT2D eigenvalue weighted by molar-refractivity contribution is 7.38. The van der Waals surface area contributed by atoms with Gasteiger partial charge in [0.15, 0.2) is 12.1 Å². The third kappa shape index (κ3) is 11.8. The Morgan fingerprint density at radius 1 is 0.427 bits per heavy atom. The molecule has 1 N–H and O–H groups in total. The number of nitrogens with one attached hydrogen (secondary N) is 1. The zero-order valence-corrected chi connectivity index (χ0v) is 52.6. The number of hydrogen-bond acceptors (Lipinski definition) is 9. The number of hydrogen-bond donors (Lipinski definition) is 1. The molecule has 2 fully saturated rings. The number of rotatable bonds is 5. The summed E-state index contributed by atoms with van der Waals surface area (Å²) in [4.78, 5) is 0. The first-order chi connectivity index (χ1) is 33.9. The molecule has 75 heavy (non-hydrogen) atoms. The van der Waals surface area contributed by atoms with Crippen LogP contribution < -0.4 is 9.61 Å². The Kier molecular flexibility index (Phi) is 14.5. The Morgan fingerprint density at radius 2 is 0.733 bits per heavy atom. The Hall–Kier alpha value is -3.52. The van der Waals surface area contributed by atoms with E-state index in [4.69, 9.17) is 35.5 Å². The van der Waals surface area contributed by atoms with Crippen molar-refractivity contribution < 1.29 is 35.5 Å². The van der Waals surface area contributed by atoms with Gasteiger partial charge in [-0.25, -0.2) is 5.09 Å². The molecular formula is C64H93NO8P2. The van der Waals surface area contributed by atoms with Crippen LogP contribution in [0.15, 0.2) is 65.3 Å². The first kappa shape index (κ1) is 57.6. The van der Waals surface area contributed by atoms with E-state index < -0.39 is 46.8 Å². The molecule has 0 saturated carbocycles. The molecule has 4 heterocycles. The standard InChI is InChI=1S/C64H93NO8P2/c1-56(2,3)36-27-40-41-28-37(57(4,5)6)32-45(61(16,17)18)50(41)70-74(69-49(40)44(31-36)60(13,14)15)65-35-48-53(54-55(66-48)68-64(25,26)67-54)73-75-71-51-42(29-38(58(7,8)9)33-46(51)62(19,20)21)43-30-39(59(10,11)12)34-47(52(43)72-75)63(22,23)24/h27-34,48,53-55,65H,35H2,1-26H3/t48-,53-,54-,55-/m1/s1. The fourth-order valence-electron chi connectivity index (χ4n) is 10.2. The molecule has 2 aromatic heterocycles. The molecule has 412 valence electrons. The van der Waals surface area contributed by atoms with Crippen LogP contribution in [-0.2, 0) is 57.5 Å². The lowest BCUT2D eigenvalue weighted by atomic mass is 9.77. The van der Waals surface area contributed by atoms with Crippen LogP contribution in [0.2, 0.25) is 0 Å². The van der Waals surface area contributed by atoms with Crippen LogP contribution in [-0.4, -0.2) is 36.9 Å². The molecular weight excluding hydrogens is 973 g/mol. The van der Waals surface area contributed by atoms with Crippen LogP contribution in [0.4, 0.5) is 0 Å². The third-order valence-corrected chi connectivity index (χ3v) is 17.2. The van der Waals surface area contributed by atoms with Crippen LogP contribution in [0.25, 0.3) is 43.9 Å². The predicted molar refractivity (Wildman–Crippen MR) is 316 cm³/mol. The summed E-state index contributed by atoms with van der Waals surface area (Å²) in [5, 5.41) is 7.88. The third-order valence-electron chi connectivity index (χ3n) is 15.0. The van der Waals surface area contributed by atoms with Gasteiger partial charge in [0.05, 0.1) is 0 Å². The minimum absolute atomic E-state index is 0.116. The Morgan fingerprint density at radius 3 is 1.03 bits per heavy atom. The van der Waals surface area contributed by atoms with Crippen LogP contribution in [0, 0.1) is 0 Å². The molecule has 2 aliphatic heterocycles. The smallest absolute Gasteiger partial charge is 0.387 e. The minimum Gasteiger partial charge on any atom is -0.408 e. The first-order valence-corrected chi connectivity index (χ1v) is 29.7. The molecule has 2 aliphatic rings. The van der Waals surface area contributed by atoms with Gasteiger partial charge in [-0.2, -0.15) is 0 Å². The first-order valence-electron chi connectivity index (χ1n) is 27.4. The van der Waals surface area contributed by atoms with Crippen molar-refractivity contribution in [2.24, 2.45) is 0 Å². The quantitative estimate of drug-likeness (QED) is 0.181. The van der Waals surface area contributed by atoms with E-state index in [0.717, 1.165) is 66.1 Å². The maximum Gasteiger partial charge on any atom is 0.387 e. The van der Waals surface area contributed by atoms with Gasteiger partial charge >= 0.3 is 16.4 Å². The van der Waals surface area contributed by atoms with Crippen LogP contribution in [0.1, 0.15) is 225 Å². The van der Waals surface area contributed by atoms with E-state index in [1.54, 1.807) is 0 Å². The number of ether oxygens (including phenoxy) is 3. The summed E-state index contributed by atoms with van der Waals surface area (Å²) in [6.45, 7) is 58.5. The summed E-state index contributed by atoms with van der Waals surface area (Å²) in [5.74, 6) is -0.909. The molecule has 0 spiro atoms. The van der Waals surface area contributed by atoms with E-state index in [2.05, 4.69) is 220 Å². The summed E-state index contributed by atoms with van der Waals surface area (Å²) in [6.07, 6.45) is -2.55.